The third-order valence-corrected chi connectivity index (χ3v) is 3.96. The fourth-order valence-corrected chi connectivity index (χ4v) is 2.74. The van der Waals surface area contributed by atoms with Gasteiger partial charge in [-0.1, -0.05) is 44.2 Å². The minimum Gasteiger partial charge on any atom is -0.396 e. The molecule has 1 aromatic carbocycles. The number of carbonyl (C=O) groups excluding carboxylic acids is 1. The fourth-order valence-electron chi connectivity index (χ4n) is 2.74. The highest BCUT2D eigenvalue weighted by Gasteiger charge is 2.11. The van der Waals surface area contributed by atoms with Gasteiger partial charge in [-0.05, 0) is 37.2 Å². The summed E-state index contributed by atoms with van der Waals surface area (Å²) in [5.41, 5.74) is 1.07. The number of carbonyl (C=O) groups is 1. The van der Waals surface area contributed by atoms with Gasteiger partial charge >= 0.3 is 0 Å². The van der Waals surface area contributed by atoms with Crippen molar-refractivity contribution in [2.75, 3.05) is 26.2 Å². The molecule has 0 heterocycles. The Kier molecular flexibility index (Phi) is 11.1. The van der Waals surface area contributed by atoms with E-state index >= 15 is 0 Å². The number of hydrogen-bond donors (Lipinski definition) is 4. The molecule has 1 unspecified atom stereocenters. The van der Waals surface area contributed by atoms with E-state index in [1.807, 2.05) is 37.3 Å². The second-order valence-electron chi connectivity index (χ2n) is 6.85. The van der Waals surface area contributed by atoms with Crippen LogP contribution in [0.25, 0.3) is 0 Å². The zero-order valence-corrected chi connectivity index (χ0v) is 16.3. The van der Waals surface area contributed by atoms with Gasteiger partial charge in [-0.2, -0.15) is 0 Å². The second-order valence-corrected chi connectivity index (χ2v) is 6.85. The van der Waals surface area contributed by atoms with Crippen molar-refractivity contribution in [1.82, 2.24) is 16.0 Å². The van der Waals surface area contributed by atoms with E-state index in [-0.39, 0.29) is 19.1 Å². The normalized spacial score (nSPS) is 12.7. The van der Waals surface area contributed by atoms with Crippen molar-refractivity contribution in [2.24, 2.45) is 16.8 Å². The monoisotopic (exact) mass is 362 g/mol. The van der Waals surface area contributed by atoms with Crippen LogP contribution in [0.5, 0.6) is 0 Å². The second kappa shape index (κ2) is 13.2. The first-order valence-corrected chi connectivity index (χ1v) is 9.48. The summed E-state index contributed by atoms with van der Waals surface area (Å²) in [4.78, 5) is 16.4. The molecule has 0 saturated carbocycles. The van der Waals surface area contributed by atoms with E-state index in [1.165, 1.54) is 0 Å². The number of aliphatic imine (C=N–C) groups is 1. The smallest absolute Gasteiger partial charge is 0.242 e. The number of benzene rings is 1. The van der Waals surface area contributed by atoms with E-state index in [1.54, 1.807) is 0 Å². The summed E-state index contributed by atoms with van der Waals surface area (Å²) in [6.45, 7) is 8.59. The molecule has 0 aliphatic rings. The Morgan fingerprint density at radius 2 is 1.88 bits per heavy atom. The predicted octanol–water partition coefficient (Wildman–Crippen LogP) is 1.90. The maximum atomic E-state index is 12.0. The molecule has 0 aliphatic carbocycles. The molecule has 1 atom stereocenters. The maximum absolute atomic E-state index is 12.0. The zero-order chi connectivity index (χ0) is 19.2. The molecule has 6 nitrogen and oxygen atoms in total. The summed E-state index contributed by atoms with van der Waals surface area (Å²) < 4.78 is 0. The number of guanidine groups is 1. The van der Waals surface area contributed by atoms with Gasteiger partial charge in [-0.15, -0.1) is 0 Å². The lowest BCUT2D eigenvalue weighted by molar-refractivity contribution is -0.119. The minimum atomic E-state index is -0.111. The van der Waals surface area contributed by atoms with Gasteiger partial charge in [0.05, 0.1) is 0 Å². The molecule has 0 aromatic heterocycles. The molecule has 4 N–H and O–H groups in total. The van der Waals surface area contributed by atoms with Gasteiger partial charge in [0.25, 0.3) is 0 Å². The largest absolute Gasteiger partial charge is 0.396 e. The first kappa shape index (κ1) is 22.0. The van der Waals surface area contributed by atoms with Gasteiger partial charge in [-0.25, -0.2) is 4.99 Å². The molecular weight excluding hydrogens is 328 g/mol. The van der Waals surface area contributed by atoms with E-state index in [0.717, 1.165) is 31.5 Å². The van der Waals surface area contributed by atoms with Gasteiger partial charge in [0, 0.05) is 26.2 Å². The van der Waals surface area contributed by atoms with Crippen LogP contribution in [0.4, 0.5) is 0 Å². The fraction of sp³-hybridized carbons (Fsp3) is 0.600. The van der Waals surface area contributed by atoms with Crippen LogP contribution in [-0.4, -0.2) is 43.2 Å². The summed E-state index contributed by atoms with van der Waals surface area (Å²) in [7, 11) is 0. The van der Waals surface area contributed by atoms with E-state index in [0.29, 0.717) is 24.3 Å². The molecule has 0 aliphatic heterocycles. The van der Waals surface area contributed by atoms with Gasteiger partial charge in [0.2, 0.25) is 5.91 Å². The van der Waals surface area contributed by atoms with Crippen LogP contribution >= 0.6 is 0 Å². The third kappa shape index (κ3) is 10.0. The molecule has 1 aromatic rings. The van der Waals surface area contributed by atoms with Crippen LogP contribution in [-0.2, 0) is 11.3 Å². The van der Waals surface area contributed by atoms with E-state index < -0.39 is 0 Å². The molecule has 0 bridgehead atoms. The quantitative estimate of drug-likeness (QED) is 0.358. The molecule has 1 amide bonds. The molecule has 6 heteroatoms. The van der Waals surface area contributed by atoms with Crippen LogP contribution in [0.2, 0.25) is 0 Å². The Morgan fingerprint density at radius 3 is 2.50 bits per heavy atom. The molecular formula is C20H34N4O2. The summed E-state index contributed by atoms with van der Waals surface area (Å²) in [5, 5.41) is 18.5. The van der Waals surface area contributed by atoms with Crippen molar-refractivity contribution >= 4 is 11.9 Å². The number of rotatable bonds is 11. The molecule has 1 rings (SSSR count). The van der Waals surface area contributed by atoms with Crippen LogP contribution in [0, 0.1) is 11.8 Å². The number of nitrogens with zero attached hydrogens (tertiary/aromatic N) is 1. The molecule has 0 spiro atoms. The molecule has 146 valence electrons. The van der Waals surface area contributed by atoms with E-state index in [2.05, 4.69) is 34.8 Å². The maximum Gasteiger partial charge on any atom is 0.242 e. The Balaban J connectivity index is 2.46. The number of aliphatic hydroxyl groups is 1. The number of hydrogen-bond acceptors (Lipinski definition) is 3. The lowest BCUT2D eigenvalue weighted by atomic mass is 9.94. The highest BCUT2D eigenvalue weighted by molar-refractivity contribution is 5.84. The van der Waals surface area contributed by atoms with Crippen molar-refractivity contribution in [2.45, 2.75) is 40.2 Å². The Labute approximate surface area is 157 Å². The number of nitrogens with one attached hydrogen (secondary N) is 3. The summed E-state index contributed by atoms with van der Waals surface area (Å²) in [6, 6.07) is 9.81. The Morgan fingerprint density at radius 1 is 1.15 bits per heavy atom. The standard InChI is InChI=1S/C20H34N4O2/c1-4-21-20(23-14-18(10-11-25)12-16(2)3)24-15-19(26)22-13-17-8-6-5-7-9-17/h5-9,16,18,25H,4,10-15H2,1-3H3,(H,22,26)(H2,21,23,24). The highest BCUT2D eigenvalue weighted by atomic mass is 16.3. The van der Waals surface area contributed by atoms with Gasteiger partial charge in [0.1, 0.15) is 6.54 Å². The number of aliphatic hydroxyl groups excluding tert-OH is 1. The third-order valence-electron chi connectivity index (χ3n) is 3.96. The summed E-state index contributed by atoms with van der Waals surface area (Å²) in [5.74, 6) is 1.49. The van der Waals surface area contributed by atoms with Crippen molar-refractivity contribution in [3.63, 3.8) is 0 Å². The van der Waals surface area contributed by atoms with Crippen LogP contribution in [0.3, 0.4) is 0 Å². The Bertz CT molecular complexity index is 532. The molecule has 0 radical (unpaired) electrons. The first-order chi connectivity index (χ1) is 12.5. The van der Waals surface area contributed by atoms with Crippen LogP contribution < -0.4 is 16.0 Å². The first-order valence-electron chi connectivity index (χ1n) is 9.48. The average molecular weight is 363 g/mol. The van der Waals surface area contributed by atoms with Crippen molar-refractivity contribution in [3.8, 4) is 0 Å². The molecule has 26 heavy (non-hydrogen) atoms. The van der Waals surface area contributed by atoms with Gasteiger partial charge in [0.15, 0.2) is 5.96 Å². The number of amides is 1. The lowest BCUT2D eigenvalue weighted by Crippen LogP contribution is -2.41. The topological polar surface area (TPSA) is 85.8 Å². The van der Waals surface area contributed by atoms with Crippen molar-refractivity contribution < 1.29 is 9.90 Å². The predicted molar refractivity (Wildman–Crippen MR) is 107 cm³/mol. The van der Waals surface area contributed by atoms with E-state index in [9.17, 15) is 9.90 Å². The zero-order valence-electron chi connectivity index (χ0n) is 16.3. The average Bonchev–Trinajstić information content (AvgIpc) is 2.62. The van der Waals surface area contributed by atoms with Gasteiger partial charge < -0.3 is 21.1 Å². The summed E-state index contributed by atoms with van der Waals surface area (Å²) in [6.07, 6.45) is 1.81. The summed E-state index contributed by atoms with van der Waals surface area (Å²) >= 11 is 0. The Hall–Kier alpha value is -2.08. The SMILES string of the molecule is CCNC(=NCC(=O)NCc1ccccc1)NCC(CCO)CC(C)C. The van der Waals surface area contributed by atoms with Crippen LogP contribution in [0.15, 0.2) is 35.3 Å². The van der Waals surface area contributed by atoms with Crippen molar-refractivity contribution in [3.05, 3.63) is 35.9 Å². The molecule has 0 fully saturated rings. The minimum absolute atomic E-state index is 0.0804. The molecule has 0 saturated heterocycles. The lowest BCUT2D eigenvalue weighted by Gasteiger charge is -2.20. The highest BCUT2D eigenvalue weighted by Crippen LogP contribution is 2.14. The van der Waals surface area contributed by atoms with Crippen LogP contribution in [0.1, 0.15) is 39.2 Å². The van der Waals surface area contributed by atoms with E-state index in [4.69, 9.17) is 0 Å². The van der Waals surface area contributed by atoms with Gasteiger partial charge in [-0.3, -0.25) is 4.79 Å². The van der Waals surface area contributed by atoms with Crippen molar-refractivity contribution in [1.29, 1.82) is 0 Å².